The van der Waals surface area contributed by atoms with E-state index in [1.54, 1.807) is 0 Å². The van der Waals surface area contributed by atoms with E-state index >= 15 is 0 Å². The number of nitrogens with one attached hydrogen (secondary N) is 2. The molecule has 0 amide bonds. The van der Waals surface area contributed by atoms with Crippen molar-refractivity contribution in [3.8, 4) is 0 Å². The van der Waals surface area contributed by atoms with Crippen molar-refractivity contribution < 1.29 is 4.74 Å². The monoisotopic (exact) mass is 427 g/mol. The standard InChI is InChI=1S/C24H33N3O2S/c1-16-10-11-18-13-19(23(28)26-22(18)17(16)2)14-27(15-21-9-6-12-29-21)24(30)25-20-7-4-3-5-8-20/h10-11,13,20-21H,3-9,12,14-15H2,1-2H3,(H,25,30)(H,26,28). The highest BCUT2D eigenvalue weighted by Gasteiger charge is 2.24. The molecule has 4 rings (SSSR count). The number of H-pyrrole nitrogens is 1. The molecule has 0 radical (unpaired) electrons. The number of hydrogen-bond acceptors (Lipinski definition) is 3. The number of thiocarbonyl (C=S) groups is 1. The lowest BCUT2D eigenvalue weighted by molar-refractivity contribution is 0.0894. The molecule has 2 fully saturated rings. The van der Waals surface area contributed by atoms with E-state index in [9.17, 15) is 4.79 Å². The third-order valence-electron chi connectivity index (χ3n) is 6.66. The predicted molar refractivity (Wildman–Crippen MR) is 126 cm³/mol. The lowest BCUT2D eigenvalue weighted by Crippen LogP contribution is -2.47. The number of nitrogens with zero attached hydrogens (tertiary/aromatic N) is 1. The Balaban J connectivity index is 1.57. The normalized spacial score (nSPS) is 19.9. The molecule has 1 aliphatic carbocycles. The SMILES string of the molecule is Cc1ccc2cc(CN(CC3CCCO3)C(=S)NC3CCCCC3)c(=O)[nH]c2c1C. The average Bonchev–Trinajstić information content (AvgIpc) is 3.25. The lowest BCUT2D eigenvalue weighted by atomic mass is 9.96. The number of aromatic nitrogens is 1. The quantitative estimate of drug-likeness (QED) is 0.696. The molecule has 162 valence electrons. The van der Waals surface area contributed by atoms with Crippen LogP contribution < -0.4 is 10.9 Å². The van der Waals surface area contributed by atoms with Crippen molar-refractivity contribution in [1.82, 2.24) is 15.2 Å². The second kappa shape index (κ2) is 9.48. The smallest absolute Gasteiger partial charge is 0.253 e. The second-order valence-electron chi connectivity index (χ2n) is 8.90. The van der Waals surface area contributed by atoms with Crippen LogP contribution in [0.25, 0.3) is 10.9 Å². The van der Waals surface area contributed by atoms with E-state index in [0.29, 0.717) is 12.6 Å². The Morgan fingerprint density at radius 1 is 1.20 bits per heavy atom. The highest BCUT2D eigenvalue weighted by Crippen LogP contribution is 2.21. The van der Waals surface area contributed by atoms with Crippen LogP contribution in [0.4, 0.5) is 0 Å². The first-order valence-electron chi connectivity index (χ1n) is 11.3. The van der Waals surface area contributed by atoms with Gasteiger partial charge >= 0.3 is 0 Å². The highest BCUT2D eigenvalue weighted by molar-refractivity contribution is 7.80. The Kier molecular flexibility index (Phi) is 6.74. The van der Waals surface area contributed by atoms with Crippen LogP contribution in [0.3, 0.4) is 0 Å². The van der Waals surface area contributed by atoms with E-state index < -0.39 is 0 Å². The first-order chi connectivity index (χ1) is 14.5. The van der Waals surface area contributed by atoms with Crippen molar-refractivity contribution in [3.05, 3.63) is 45.2 Å². The van der Waals surface area contributed by atoms with E-state index in [1.165, 1.54) is 37.7 Å². The molecule has 0 bridgehead atoms. The van der Waals surface area contributed by atoms with Crippen molar-refractivity contribution in [2.75, 3.05) is 13.2 Å². The van der Waals surface area contributed by atoms with E-state index in [2.05, 4.69) is 41.2 Å². The Morgan fingerprint density at radius 3 is 2.73 bits per heavy atom. The summed E-state index contributed by atoms with van der Waals surface area (Å²) in [6.07, 6.45) is 8.50. The van der Waals surface area contributed by atoms with Gasteiger partial charge in [-0.25, -0.2) is 0 Å². The Labute approximate surface area is 184 Å². The first-order valence-corrected chi connectivity index (χ1v) is 11.7. The summed E-state index contributed by atoms with van der Waals surface area (Å²) in [5, 5.41) is 5.39. The van der Waals surface area contributed by atoms with Crippen LogP contribution in [0.5, 0.6) is 0 Å². The van der Waals surface area contributed by atoms with Crippen LogP contribution in [-0.4, -0.2) is 40.3 Å². The zero-order chi connectivity index (χ0) is 21.1. The number of aryl methyl sites for hydroxylation is 2. The maximum Gasteiger partial charge on any atom is 0.253 e. The van der Waals surface area contributed by atoms with Crippen molar-refractivity contribution in [1.29, 1.82) is 0 Å². The third-order valence-corrected chi connectivity index (χ3v) is 7.03. The van der Waals surface area contributed by atoms with Crippen LogP contribution >= 0.6 is 12.2 Å². The fraction of sp³-hybridized carbons (Fsp3) is 0.583. The molecule has 1 aromatic carbocycles. The fourth-order valence-corrected chi connectivity index (χ4v) is 4.97. The minimum atomic E-state index is -0.0333. The maximum absolute atomic E-state index is 12.9. The van der Waals surface area contributed by atoms with Crippen LogP contribution in [0.1, 0.15) is 61.6 Å². The zero-order valence-electron chi connectivity index (χ0n) is 18.1. The van der Waals surface area contributed by atoms with E-state index in [0.717, 1.165) is 53.1 Å². The summed E-state index contributed by atoms with van der Waals surface area (Å²) in [6.45, 7) is 6.16. The summed E-state index contributed by atoms with van der Waals surface area (Å²) in [5.41, 5.74) is 3.95. The molecule has 0 spiro atoms. The number of aromatic amines is 1. The van der Waals surface area contributed by atoms with E-state index in [4.69, 9.17) is 17.0 Å². The summed E-state index contributed by atoms with van der Waals surface area (Å²) < 4.78 is 5.88. The highest BCUT2D eigenvalue weighted by atomic mass is 32.1. The molecule has 2 aromatic rings. The second-order valence-corrected chi connectivity index (χ2v) is 9.28. The van der Waals surface area contributed by atoms with Gasteiger partial charge in [0, 0.05) is 24.8 Å². The van der Waals surface area contributed by atoms with Gasteiger partial charge in [0.2, 0.25) is 0 Å². The van der Waals surface area contributed by atoms with E-state index in [-0.39, 0.29) is 11.7 Å². The number of rotatable bonds is 5. The summed E-state index contributed by atoms with van der Waals surface area (Å²) in [7, 11) is 0. The molecule has 2 N–H and O–H groups in total. The Morgan fingerprint density at radius 2 is 2.00 bits per heavy atom. The van der Waals surface area contributed by atoms with Gasteiger partial charge in [-0.15, -0.1) is 0 Å². The molecule has 6 heteroatoms. The van der Waals surface area contributed by atoms with Gasteiger partial charge in [0.25, 0.3) is 5.56 Å². The van der Waals surface area contributed by atoms with E-state index in [1.807, 2.05) is 6.07 Å². The van der Waals surface area contributed by atoms with Crippen LogP contribution in [-0.2, 0) is 11.3 Å². The molecular weight excluding hydrogens is 394 g/mol. The predicted octanol–water partition coefficient (Wildman–Crippen LogP) is 4.33. The van der Waals surface area contributed by atoms with Gasteiger partial charge < -0.3 is 19.9 Å². The molecule has 1 saturated carbocycles. The molecule has 30 heavy (non-hydrogen) atoms. The molecular formula is C24H33N3O2S. The number of pyridine rings is 1. The van der Waals surface area contributed by atoms with Gasteiger partial charge in [0.05, 0.1) is 18.2 Å². The average molecular weight is 428 g/mol. The Bertz CT molecular complexity index is 959. The lowest BCUT2D eigenvalue weighted by Gasteiger charge is -2.32. The van der Waals surface area contributed by atoms with Gasteiger partial charge in [-0.3, -0.25) is 4.79 Å². The van der Waals surface area contributed by atoms with Gasteiger partial charge in [0.1, 0.15) is 0 Å². The third kappa shape index (κ3) is 4.86. The minimum Gasteiger partial charge on any atom is -0.376 e. The van der Waals surface area contributed by atoms with Gasteiger partial charge in [-0.2, -0.15) is 0 Å². The fourth-order valence-electron chi connectivity index (χ4n) is 4.66. The summed E-state index contributed by atoms with van der Waals surface area (Å²) in [6, 6.07) is 6.66. The zero-order valence-corrected chi connectivity index (χ0v) is 18.9. The minimum absolute atomic E-state index is 0.0333. The van der Waals surface area contributed by atoms with Crippen molar-refractivity contribution >= 4 is 28.2 Å². The van der Waals surface area contributed by atoms with Gasteiger partial charge in [0.15, 0.2) is 5.11 Å². The number of ether oxygens (including phenoxy) is 1. The Hall–Kier alpha value is -1.92. The maximum atomic E-state index is 12.9. The molecule has 1 unspecified atom stereocenters. The van der Waals surface area contributed by atoms with Crippen molar-refractivity contribution in [2.24, 2.45) is 0 Å². The molecule has 2 heterocycles. The molecule has 1 aliphatic heterocycles. The number of fused-ring (bicyclic) bond motifs is 1. The molecule has 2 aliphatic rings. The topological polar surface area (TPSA) is 57.4 Å². The first kappa shape index (κ1) is 21.3. The summed E-state index contributed by atoms with van der Waals surface area (Å²) in [4.78, 5) is 18.2. The summed E-state index contributed by atoms with van der Waals surface area (Å²) in [5.74, 6) is 0. The molecule has 1 saturated heterocycles. The van der Waals surface area contributed by atoms with Crippen molar-refractivity contribution in [2.45, 2.75) is 77.5 Å². The number of hydrogen-bond donors (Lipinski definition) is 2. The van der Waals surface area contributed by atoms with Gasteiger partial charge in [-0.05, 0) is 74.3 Å². The largest absolute Gasteiger partial charge is 0.376 e. The van der Waals surface area contributed by atoms with Crippen molar-refractivity contribution in [3.63, 3.8) is 0 Å². The summed E-state index contributed by atoms with van der Waals surface area (Å²) >= 11 is 5.81. The van der Waals surface area contributed by atoms with Gasteiger partial charge in [-0.1, -0.05) is 31.4 Å². The molecule has 1 aromatic heterocycles. The van der Waals surface area contributed by atoms with Crippen LogP contribution in [0.15, 0.2) is 23.0 Å². The molecule has 1 atom stereocenters. The number of benzene rings is 1. The molecule has 5 nitrogen and oxygen atoms in total. The van der Waals surface area contributed by atoms with Crippen LogP contribution in [0.2, 0.25) is 0 Å². The van der Waals surface area contributed by atoms with Crippen LogP contribution in [0, 0.1) is 13.8 Å².